The first-order valence-corrected chi connectivity index (χ1v) is 11.0. The first-order valence-electron chi connectivity index (χ1n) is 11.0. The van der Waals surface area contributed by atoms with Crippen molar-refractivity contribution in [2.75, 3.05) is 13.4 Å². The monoisotopic (exact) mass is 526 g/mol. The third kappa shape index (κ3) is 6.67. The summed E-state index contributed by atoms with van der Waals surface area (Å²) < 4.78 is 64.1. The molecule has 0 saturated carbocycles. The molecule has 0 aliphatic carbocycles. The molecule has 0 spiro atoms. The number of ketones is 1. The molecule has 7 nitrogen and oxygen atoms in total. The van der Waals surface area contributed by atoms with Crippen LogP contribution >= 0.6 is 0 Å². The molecule has 3 aromatic carbocycles. The van der Waals surface area contributed by atoms with Crippen molar-refractivity contribution in [2.24, 2.45) is 0 Å². The fourth-order valence-electron chi connectivity index (χ4n) is 3.10. The van der Waals surface area contributed by atoms with Gasteiger partial charge in [-0.2, -0.15) is 4.39 Å². The quantitative estimate of drug-likeness (QED) is 0.142. The second-order valence-electron chi connectivity index (χ2n) is 7.65. The summed E-state index contributed by atoms with van der Waals surface area (Å²) in [4.78, 5) is 34.8. The number of ether oxygens (including phenoxy) is 4. The lowest BCUT2D eigenvalue weighted by molar-refractivity contribution is -0.144. The molecule has 0 unspecified atom stereocenters. The van der Waals surface area contributed by atoms with E-state index in [1.165, 1.54) is 19.1 Å². The maximum Gasteiger partial charge on any atom is 0.339 e. The maximum absolute atomic E-state index is 14.8. The van der Waals surface area contributed by atoms with E-state index < -0.39 is 53.1 Å². The SMILES string of the molecule is C=CC(=O)COc1ccc(/C=C(\C)C(=O)Oc2cc3ccc(OCOC(=O)C=C)c(F)c3c(F)c2F)cc1. The summed E-state index contributed by atoms with van der Waals surface area (Å²) in [6.45, 7) is 7.11. The molecule has 196 valence electrons. The Morgan fingerprint density at radius 2 is 1.58 bits per heavy atom. The predicted molar refractivity (Wildman–Crippen MR) is 132 cm³/mol. The summed E-state index contributed by atoms with van der Waals surface area (Å²) in [6, 6.07) is 9.69. The van der Waals surface area contributed by atoms with Crippen LogP contribution in [0.25, 0.3) is 16.8 Å². The molecule has 0 fully saturated rings. The predicted octanol–water partition coefficient (Wildman–Crippen LogP) is 5.47. The molecule has 0 aromatic heterocycles. The van der Waals surface area contributed by atoms with Crippen molar-refractivity contribution in [3.63, 3.8) is 0 Å². The van der Waals surface area contributed by atoms with Crippen LogP contribution in [0.2, 0.25) is 0 Å². The largest absolute Gasteiger partial charge is 0.485 e. The molecule has 0 heterocycles. The van der Waals surface area contributed by atoms with Crippen LogP contribution in [0.5, 0.6) is 17.2 Å². The minimum atomic E-state index is -1.59. The van der Waals surface area contributed by atoms with Crippen molar-refractivity contribution >= 4 is 34.6 Å². The van der Waals surface area contributed by atoms with Gasteiger partial charge in [0, 0.05) is 11.6 Å². The van der Waals surface area contributed by atoms with Crippen LogP contribution in [0, 0.1) is 17.5 Å². The number of hydrogen-bond acceptors (Lipinski definition) is 7. The topological polar surface area (TPSA) is 88.1 Å². The normalized spacial score (nSPS) is 11.0. The third-order valence-electron chi connectivity index (χ3n) is 5.03. The van der Waals surface area contributed by atoms with Gasteiger partial charge in [-0.3, -0.25) is 4.79 Å². The lowest BCUT2D eigenvalue weighted by atomic mass is 10.1. The van der Waals surface area contributed by atoms with E-state index >= 15 is 0 Å². The lowest BCUT2D eigenvalue weighted by Gasteiger charge is -2.12. The fourth-order valence-corrected chi connectivity index (χ4v) is 3.10. The van der Waals surface area contributed by atoms with Crippen LogP contribution in [0.3, 0.4) is 0 Å². The van der Waals surface area contributed by atoms with Gasteiger partial charge in [0.2, 0.25) is 12.6 Å². The van der Waals surface area contributed by atoms with Crippen LogP contribution in [-0.4, -0.2) is 31.1 Å². The summed E-state index contributed by atoms with van der Waals surface area (Å²) in [7, 11) is 0. The Morgan fingerprint density at radius 1 is 0.868 bits per heavy atom. The van der Waals surface area contributed by atoms with Gasteiger partial charge in [0.25, 0.3) is 0 Å². The minimum Gasteiger partial charge on any atom is -0.485 e. The summed E-state index contributed by atoms with van der Waals surface area (Å²) in [5.41, 5.74) is 0.629. The first-order chi connectivity index (χ1) is 18.1. The number of halogens is 3. The molecule has 0 atom stereocenters. The van der Waals surface area contributed by atoms with E-state index in [4.69, 9.17) is 14.2 Å². The number of rotatable bonds is 11. The van der Waals surface area contributed by atoms with Gasteiger partial charge in [-0.05, 0) is 54.3 Å². The van der Waals surface area contributed by atoms with Gasteiger partial charge in [-0.1, -0.05) is 31.4 Å². The van der Waals surface area contributed by atoms with E-state index in [9.17, 15) is 27.6 Å². The van der Waals surface area contributed by atoms with Crippen LogP contribution in [0.15, 0.2) is 73.3 Å². The number of fused-ring (bicyclic) bond motifs is 1. The van der Waals surface area contributed by atoms with Gasteiger partial charge in [-0.25, -0.2) is 18.4 Å². The molecule has 0 aliphatic rings. The van der Waals surface area contributed by atoms with E-state index in [1.807, 2.05) is 0 Å². The maximum atomic E-state index is 14.8. The highest BCUT2D eigenvalue weighted by molar-refractivity contribution is 5.95. The highest BCUT2D eigenvalue weighted by Crippen LogP contribution is 2.34. The number of carbonyl (C=O) groups is 3. The number of hydrogen-bond donors (Lipinski definition) is 0. The Kier molecular flexibility index (Phi) is 9.04. The molecule has 3 rings (SSSR count). The summed E-state index contributed by atoms with van der Waals surface area (Å²) in [5, 5.41) is -0.842. The van der Waals surface area contributed by atoms with Crippen molar-refractivity contribution in [3.8, 4) is 17.2 Å². The zero-order valence-corrected chi connectivity index (χ0v) is 20.1. The van der Waals surface area contributed by atoms with Crippen molar-refractivity contribution in [1.82, 2.24) is 0 Å². The van der Waals surface area contributed by atoms with E-state index in [-0.39, 0.29) is 23.3 Å². The van der Waals surface area contributed by atoms with Crippen LogP contribution < -0.4 is 14.2 Å². The van der Waals surface area contributed by atoms with Gasteiger partial charge < -0.3 is 18.9 Å². The van der Waals surface area contributed by atoms with Gasteiger partial charge in [0.05, 0.1) is 5.39 Å². The van der Waals surface area contributed by atoms with E-state index in [0.29, 0.717) is 11.3 Å². The Hall–Kier alpha value is -4.86. The smallest absolute Gasteiger partial charge is 0.339 e. The summed E-state index contributed by atoms with van der Waals surface area (Å²) in [6.07, 6.45) is 3.46. The Bertz CT molecular complexity index is 1440. The molecule has 0 bridgehead atoms. The number of benzene rings is 3. The molecular formula is C28H21F3O7. The van der Waals surface area contributed by atoms with Crippen LogP contribution in [0.1, 0.15) is 12.5 Å². The standard InChI is InChI=1S/C28H21F3O7/c1-4-19(32)14-35-20-9-6-17(7-10-20)12-16(3)28(34)38-22-13-18-8-11-21(36-15-37-23(33)5-2)25(29)24(18)27(31)26(22)30/h4-13H,1-2,14-15H2,3H3/b16-12+. The average Bonchev–Trinajstić information content (AvgIpc) is 2.91. The highest BCUT2D eigenvalue weighted by atomic mass is 19.2. The lowest BCUT2D eigenvalue weighted by Crippen LogP contribution is -2.11. The number of carbonyl (C=O) groups excluding carboxylic acids is 3. The Morgan fingerprint density at radius 3 is 2.24 bits per heavy atom. The Labute approximate surface area is 215 Å². The molecule has 38 heavy (non-hydrogen) atoms. The minimum absolute atomic E-state index is 0.0596. The molecule has 10 heteroatoms. The fraction of sp³-hybridized carbons (Fsp3) is 0.107. The van der Waals surface area contributed by atoms with Crippen LogP contribution in [-0.2, 0) is 19.1 Å². The summed E-state index contributed by atoms with van der Waals surface area (Å²) >= 11 is 0. The summed E-state index contributed by atoms with van der Waals surface area (Å²) in [5.74, 6) is -7.28. The van der Waals surface area contributed by atoms with Crippen molar-refractivity contribution in [2.45, 2.75) is 6.92 Å². The Balaban J connectivity index is 1.76. The molecule has 0 aliphatic heterocycles. The second-order valence-corrected chi connectivity index (χ2v) is 7.65. The van der Waals surface area contributed by atoms with E-state index in [2.05, 4.69) is 17.9 Å². The van der Waals surface area contributed by atoms with Gasteiger partial charge in [0.1, 0.15) is 5.75 Å². The molecule has 0 N–H and O–H groups in total. The van der Waals surface area contributed by atoms with Gasteiger partial charge in [0.15, 0.2) is 35.5 Å². The van der Waals surface area contributed by atoms with Gasteiger partial charge >= 0.3 is 11.9 Å². The molecule has 0 saturated heterocycles. The molecule has 3 aromatic rings. The zero-order chi connectivity index (χ0) is 27.8. The van der Waals surface area contributed by atoms with Crippen molar-refractivity contribution in [1.29, 1.82) is 0 Å². The zero-order valence-electron chi connectivity index (χ0n) is 20.1. The van der Waals surface area contributed by atoms with Crippen molar-refractivity contribution < 1.29 is 46.5 Å². The third-order valence-corrected chi connectivity index (χ3v) is 5.03. The van der Waals surface area contributed by atoms with E-state index in [1.54, 1.807) is 24.3 Å². The van der Waals surface area contributed by atoms with Crippen LogP contribution in [0.4, 0.5) is 13.2 Å². The van der Waals surface area contributed by atoms with E-state index in [0.717, 1.165) is 24.3 Å². The highest BCUT2D eigenvalue weighted by Gasteiger charge is 2.22. The number of esters is 2. The molecular weight excluding hydrogens is 505 g/mol. The van der Waals surface area contributed by atoms with Crippen molar-refractivity contribution in [3.05, 3.63) is 96.4 Å². The molecule has 0 radical (unpaired) electrons. The first kappa shape index (κ1) is 27.7. The molecule has 0 amide bonds. The average molecular weight is 526 g/mol. The van der Waals surface area contributed by atoms with Gasteiger partial charge in [-0.15, -0.1) is 0 Å². The second kappa shape index (κ2) is 12.4.